The van der Waals surface area contributed by atoms with Crippen molar-refractivity contribution in [1.29, 1.82) is 0 Å². The van der Waals surface area contributed by atoms with Crippen LogP contribution in [0.3, 0.4) is 0 Å². The molecule has 1 aliphatic heterocycles. The number of likely N-dealkylation sites (tertiary alicyclic amines) is 1. The second-order valence-corrected chi connectivity index (χ2v) is 5.37. The van der Waals surface area contributed by atoms with Gasteiger partial charge in [0.25, 0.3) is 0 Å². The molecular weight excluding hydrogens is 252 g/mol. The topological polar surface area (TPSA) is 62.5 Å². The van der Waals surface area contributed by atoms with E-state index < -0.39 is 0 Å². The van der Waals surface area contributed by atoms with Gasteiger partial charge in [0.05, 0.1) is 6.54 Å². The van der Waals surface area contributed by atoms with Crippen molar-refractivity contribution < 1.29 is 4.79 Å². The maximum atomic E-state index is 12.2. The molecule has 0 radical (unpaired) electrons. The van der Waals surface area contributed by atoms with Gasteiger partial charge in [-0.15, -0.1) is 0 Å². The van der Waals surface area contributed by atoms with Crippen LogP contribution in [0, 0.1) is 0 Å². The number of pyridine rings is 1. The van der Waals surface area contributed by atoms with Gasteiger partial charge in [-0.25, -0.2) is 0 Å². The van der Waals surface area contributed by atoms with Gasteiger partial charge in [0.1, 0.15) is 0 Å². The molecule has 1 atom stereocenters. The van der Waals surface area contributed by atoms with Gasteiger partial charge in [-0.1, -0.05) is 0 Å². The second kappa shape index (κ2) is 7.36. The summed E-state index contributed by atoms with van der Waals surface area (Å²) in [6, 6.07) is 4.45. The lowest BCUT2D eigenvalue weighted by atomic mass is 10.1. The summed E-state index contributed by atoms with van der Waals surface area (Å²) in [5.74, 6) is 0.180. The molecule has 1 aromatic heterocycles. The van der Waals surface area contributed by atoms with E-state index in [9.17, 15) is 4.79 Å². The Hall–Kier alpha value is -1.46. The molecule has 110 valence electrons. The van der Waals surface area contributed by atoms with Crippen LogP contribution < -0.4 is 5.73 Å². The molecule has 1 saturated heterocycles. The number of likely N-dealkylation sites (N-methyl/N-ethyl adjacent to an activating group) is 1. The third kappa shape index (κ3) is 3.77. The summed E-state index contributed by atoms with van der Waals surface area (Å²) in [6.07, 6.45) is 6.76. The summed E-state index contributed by atoms with van der Waals surface area (Å²) < 4.78 is 0. The van der Waals surface area contributed by atoms with Gasteiger partial charge < -0.3 is 10.6 Å². The summed E-state index contributed by atoms with van der Waals surface area (Å²) >= 11 is 0. The van der Waals surface area contributed by atoms with Gasteiger partial charge in [0.2, 0.25) is 5.91 Å². The predicted molar refractivity (Wildman–Crippen MR) is 79.1 cm³/mol. The number of hydrogen-bond acceptors (Lipinski definition) is 4. The fourth-order valence-corrected chi connectivity index (χ4v) is 2.73. The van der Waals surface area contributed by atoms with Crippen LogP contribution in [0.15, 0.2) is 24.5 Å². The number of amides is 1. The molecule has 2 N–H and O–H groups in total. The normalized spacial score (nSPS) is 19.2. The molecule has 0 aliphatic carbocycles. The Kier molecular flexibility index (Phi) is 5.49. The number of hydrogen-bond donors (Lipinski definition) is 1. The molecule has 1 aromatic rings. The molecule has 0 spiro atoms. The van der Waals surface area contributed by atoms with Crippen molar-refractivity contribution in [2.24, 2.45) is 5.73 Å². The van der Waals surface area contributed by atoms with Crippen molar-refractivity contribution in [3.8, 4) is 0 Å². The van der Waals surface area contributed by atoms with Crippen molar-refractivity contribution in [3.05, 3.63) is 30.1 Å². The monoisotopic (exact) mass is 276 g/mol. The molecule has 20 heavy (non-hydrogen) atoms. The first-order chi connectivity index (χ1) is 9.72. The molecule has 2 rings (SSSR count). The predicted octanol–water partition coefficient (Wildman–Crippen LogP) is 1.03. The molecule has 2 heterocycles. The Morgan fingerprint density at radius 3 is 2.95 bits per heavy atom. The van der Waals surface area contributed by atoms with Crippen LogP contribution in [0.1, 0.15) is 30.9 Å². The minimum Gasteiger partial charge on any atom is -0.345 e. The van der Waals surface area contributed by atoms with Gasteiger partial charge in [0.15, 0.2) is 0 Å². The molecule has 0 saturated carbocycles. The third-order valence-corrected chi connectivity index (χ3v) is 3.92. The Morgan fingerprint density at radius 2 is 2.25 bits per heavy atom. The zero-order valence-corrected chi connectivity index (χ0v) is 12.2. The van der Waals surface area contributed by atoms with Gasteiger partial charge in [-0.3, -0.25) is 14.7 Å². The molecule has 0 bridgehead atoms. The molecular formula is C15H24N4O. The van der Waals surface area contributed by atoms with Crippen LogP contribution in [-0.2, 0) is 4.79 Å². The lowest BCUT2D eigenvalue weighted by Gasteiger charge is -2.26. The quantitative estimate of drug-likeness (QED) is 0.843. The van der Waals surface area contributed by atoms with Crippen molar-refractivity contribution in [2.45, 2.75) is 25.3 Å². The number of aromatic nitrogens is 1. The summed E-state index contributed by atoms with van der Waals surface area (Å²) in [6.45, 7) is 2.85. The number of nitrogens with zero attached hydrogens (tertiary/aromatic N) is 3. The van der Waals surface area contributed by atoms with Crippen molar-refractivity contribution in [2.75, 3.05) is 33.2 Å². The first-order valence-corrected chi connectivity index (χ1v) is 7.30. The average Bonchev–Trinajstić information content (AvgIpc) is 2.93. The van der Waals surface area contributed by atoms with E-state index in [2.05, 4.69) is 9.88 Å². The molecule has 5 nitrogen and oxygen atoms in total. The highest BCUT2D eigenvalue weighted by molar-refractivity contribution is 5.78. The lowest BCUT2D eigenvalue weighted by molar-refractivity contribution is -0.131. The highest BCUT2D eigenvalue weighted by Crippen LogP contribution is 2.31. The zero-order valence-electron chi connectivity index (χ0n) is 12.2. The van der Waals surface area contributed by atoms with Crippen LogP contribution >= 0.6 is 0 Å². The maximum Gasteiger partial charge on any atom is 0.236 e. The summed E-state index contributed by atoms with van der Waals surface area (Å²) in [5, 5.41) is 0. The fraction of sp³-hybridized carbons (Fsp3) is 0.600. The van der Waals surface area contributed by atoms with Crippen LogP contribution in [0.2, 0.25) is 0 Å². The minimum atomic E-state index is 0.180. The van der Waals surface area contributed by atoms with E-state index in [1.54, 1.807) is 4.90 Å². The molecule has 1 aliphatic rings. The average molecular weight is 276 g/mol. The van der Waals surface area contributed by atoms with Gasteiger partial charge in [-0.05, 0) is 50.0 Å². The Labute approximate surface area is 120 Å². The Morgan fingerprint density at radius 1 is 1.50 bits per heavy atom. The van der Waals surface area contributed by atoms with E-state index in [1.165, 1.54) is 5.56 Å². The van der Waals surface area contributed by atoms with E-state index in [0.717, 1.165) is 32.4 Å². The SMILES string of the molecule is CN(CCCN)C(=O)CN1CCCC1c1ccncc1. The van der Waals surface area contributed by atoms with Crippen LogP contribution in [0.5, 0.6) is 0 Å². The van der Waals surface area contributed by atoms with Crippen molar-refractivity contribution in [1.82, 2.24) is 14.8 Å². The third-order valence-electron chi connectivity index (χ3n) is 3.92. The van der Waals surface area contributed by atoms with E-state index in [0.29, 0.717) is 19.1 Å². The van der Waals surface area contributed by atoms with E-state index in [1.807, 2.05) is 31.6 Å². The standard InChI is InChI=1S/C15H24N4O/c1-18(10-3-7-16)15(20)12-19-11-2-4-14(19)13-5-8-17-9-6-13/h5-6,8-9,14H,2-4,7,10-12,16H2,1H3. The van der Waals surface area contributed by atoms with Crippen LogP contribution in [0.4, 0.5) is 0 Å². The highest BCUT2D eigenvalue weighted by atomic mass is 16.2. The smallest absolute Gasteiger partial charge is 0.236 e. The van der Waals surface area contributed by atoms with Crippen molar-refractivity contribution >= 4 is 5.91 Å². The molecule has 1 unspecified atom stereocenters. The Bertz CT molecular complexity index is 423. The number of carbonyl (C=O) groups is 1. The minimum absolute atomic E-state index is 0.180. The largest absolute Gasteiger partial charge is 0.345 e. The lowest BCUT2D eigenvalue weighted by Crippen LogP contribution is -2.38. The van der Waals surface area contributed by atoms with Gasteiger partial charge >= 0.3 is 0 Å². The van der Waals surface area contributed by atoms with E-state index in [4.69, 9.17) is 5.73 Å². The van der Waals surface area contributed by atoms with Crippen molar-refractivity contribution in [3.63, 3.8) is 0 Å². The Balaban J connectivity index is 1.93. The summed E-state index contributed by atoms with van der Waals surface area (Å²) in [4.78, 5) is 20.3. The van der Waals surface area contributed by atoms with Crippen LogP contribution in [0.25, 0.3) is 0 Å². The number of rotatable bonds is 6. The first kappa shape index (κ1) is 14.9. The molecule has 0 aromatic carbocycles. The molecule has 1 fully saturated rings. The highest BCUT2D eigenvalue weighted by Gasteiger charge is 2.28. The number of carbonyl (C=O) groups excluding carboxylic acids is 1. The fourth-order valence-electron chi connectivity index (χ4n) is 2.73. The second-order valence-electron chi connectivity index (χ2n) is 5.37. The molecule has 5 heteroatoms. The van der Waals surface area contributed by atoms with E-state index >= 15 is 0 Å². The first-order valence-electron chi connectivity index (χ1n) is 7.30. The summed E-state index contributed by atoms with van der Waals surface area (Å²) in [5.41, 5.74) is 6.74. The summed E-state index contributed by atoms with van der Waals surface area (Å²) in [7, 11) is 1.86. The zero-order chi connectivity index (χ0) is 14.4. The van der Waals surface area contributed by atoms with E-state index in [-0.39, 0.29) is 5.91 Å². The molecule has 1 amide bonds. The van der Waals surface area contributed by atoms with Crippen LogP contribution in [-0.4, -0.2) is 53.9 Å². The van der Waals surface area contributed by atoms with Gasteiger partial charge in [0, 0.05) is 32.0 Å². The number of nitrogens with two attached hydrogens (primary N) is 1. The maximum absolute atomic E-state index is 12.2. The van der Waals surface area contributed by atoms with Gasteiger partial charge in [-0.2, -0.15) is 0 Å².